The summed E-state index contributed by atoms with van der Waals surface area (Å²) < 4.78 is 0. The van der Waals surface area contributed by atoms with Gasteiger partial charge in [0.15, 0.2) is 0 Å². The first-order chi connectivity index (χ1) is 34.5. The molecule has 0 radical (unpaired) electrons. The molecule has 71 heavy (non-hydrogen) atoms. The van der Waals surface area contributed by atoms with Crippen molar-refractivity contribution in [1.82, 2.24) is 35.1 Å². The fourth-order valence-corrected chi connectivity index (χ4v) is 11.1. The summed E-state index contributed by atoms with van der Waals surface area (Å²) >= 11 is 0. The number of amides is 2. The first kappa shape index (κ1) is 45.5. The van der Waals surface area contributed by atoms with E-state index in [2.05, 4.69) is 81.3 Å². The van der Waals surface area contributed by atoms with E-state index in [9.17, 15) is 24.3 Å². The van der Waals surface area contributed by atoms with Crippen molar-refractivity contribution in [1.29, 1.82) is 0 Å². The number of aromatic amines is 2. The molecule has 8 aromatic rings. The largest absolute Gasteiger partial charge is 0.392 e. The van der Waals surface area contributed by atoms with Crippen molar-refractivity contribution in [3.05, 3.63) is 210 Å². The molecule has 14 heteroatoms. The topological polar surface area (TPSA) is 180 Å². The average Bonchev–Trinajstić information content (AvgIpc) is 3.40. The standard InChI is InChI=1S/C57H55N9O5/c1-33(2)56(70)65-24-26-66(27-25-65)57(71)38-21-19-36(20-22-38)46-51(59-45-17-9-15-43-49(45)52(46)60-62-55(43)69)41-23-18-35(32-67)29-40(41)31-64(3)30-34-10-7-13-39(28-34)47-50(37-11-5-4-6-12-37)58-44-16-8-14-42-48(44)53(47)61-63-54(42)68/h4-23,28-29,33,46-47,50-51,58-59,67H,24-27,30-32H2,1-3H3,(H,62,69)(H,63,68). The third-order valence-electron chi connectivity index (χ3n) is 14.5. The second kappa shape index (κ2) is 18.8. The molecule has 4 unspecified atom stereocenters. The van der Waals surface area contributed by atoms with Crippen molar-refractivity contribution < 1.29 is 14.7 Å². The molecule has 1 saturated heterocycles. The summed E-state index contributed by atoms with van der Waals surface area (Å²) in [6.07, 6.45) is 0. The minimum Gasteiger partial charge on any atom is -0.392 e. The van der Waals surface area contributed by atoms with Crippen molar-refractivity contribution in [3.8, 4) is 0 Å². The van der Waals surface area contributed by atoms with Crippen LogP contribution in [-0.4, -0.2) is 85.2 Å². The highest BCUT2D eigenvalue weighted by atomic mass is 16.3. The van der Waals surface area contributed by atoms with Gasteiger partial charge in [-0.2, -0.15) is 10.2 Å². The van der Waals surface area contributed by atoms with E-state index in [-0.39, 0.29) is 59.4 Å². The molecule has 0 spiro atoms. The highest BCUT2D eigenvalue weighted by molar-refractivity contribution is 5.99. The Labute approximate surface area is 410 Å². The Morgan fingerprint density at radius 3 is 1.86 bits per heavy atom. The van der Waals surface area contributed by atoms with Crippen LogP contribution in [0.3, 0.4) is 0 Å². The van der Waals surface area contributed by atoms with Gasteiger partial charge in [-0.1, -0.05) is 111 Å². The maximum Gasteiger partial charge on any atom is 0.272 e. The lowest BCUT2D eigenvalue weighted by atomic mass is 9.78. The predicted octanol–water partition coefficient (Wildman–Crippen LogP) is 7.82. The molecule has 5 N–H and O–H groups in total. The number of aromatic nitrogens is 4. The molecule has 0 saturated carbocycles. The van der Waals surface area contributed by atoms with Gasteiger partial charge in [-0.3, -0.25) is 24.1 Å². The van der Waals surface area contributed by atoms with Gasteiger partial charge in [0.1, 0.15) is 0 Å². The number of carbonyl (C=O) groups is 2. The molecular formula is C57H55N9O5. The quantitative estimate of drug-likeness (QED) is 0.0859. The smallest absolute Gasteiger partial charge is 0.272 e. The Kier molecular flexibility index (Phi) is 12.0. The van der Waals surface area contributed by atoms with Crippen LogP contribution in [0.15, 0.2) is 143 Å². The predicted molar refractivity (Wildman–Crippen MR) is 275 cm³/mol. The Balaban J connectivity index is 0.910. The SMILES string of the molecule is CC(C)C(=O)N1CCN(C(=O)c2ccc(C3c4n[nH]c(=O)c5cccc(c45)NC3c3ccc(CO)cc3CN(C)Cc3cccc(C4c5n[nH]c(=O)c6cccc(c56)NC4c4ccccc4)c3)cc2)CC1. The Morgan fingerprint density at radius 2 is 1.23 bits per heavy atom. The number of nitrogens with one attached hydrogen (secondary N) is 4. The van der Waals surface area contributed by atoms with E-state index < -0.39 is 0 Å². The Hall–Kier alpha value is -7.94. The maximum atomic E-state index is 13.9. The lowest BCUT2D eigenvalue weighted by molar-refractivity contribution is -0.135. The molecular weight excluding hydrogens is 891 g/mol. The van der Waals surface area contributed by atoms with Crippen molar-refractivity contribution in [2.24, 2.45) is 5.92 Å². The number of hydrogen-bond acceptors (Lipinski definition) is 10. The van der Waals surface area contributed by atoms with E-state index in [4.69, 9.17) is 10.2 Å². The van der Waals surface area contributed by atoms with Gasteiger partial charge >= 0.3 is 0 Å². The van der Waals surface area contributed by atoms with Crippen molar-refractivity contribution in [2.45, 2.75) is 57.5 Å². The zero-order valence-corrected chi connectivity index (χ0v) is 39.9. The monoisotopic (exact) mass is 945 g/mol. The highest BCUT2D eigenvalue weighted by Gasteiger charge is 2.38. The molecule has 0 bridgehead atoms. The summed E-state index contributed by atoms with van der Waals surface area (Å²) in [5.74, 6) is -0.674. The van der Waals surface area contributed by atoms with Crippen LogP contribution in [0.2, 0.25) is 0 Å². The summed E-state index contributed by atoms with van der Waals surface area (Å²) in [6, 6.07) is 43.6. The number of piperazine rings is 1. The van der Waals surface area contributed by atoms with E-state index in [1.807, 2.05) is 109 Å². The Morgan fingerprint density at radius 1 is 0.634 bits per heavy atom. The summed E-state index contributed by atoms with van der Waals surface area (Å²) in [5.41, 5.74) is 10.2. The van der Waals surface area contributed by atoms with Crippen LogP contribution in [-0.2, 0) is 24.5 Å². The molecule has 1 fully saturated rings. The molecule has 14 nitrogen and oxygen atoms in total. The van der Waals surface area contributed by atoms with Crippen molar-refractivity contribution in [3.63, 3.8) is 0 Å². The number of aliphatic hydroxyl groups is 1. The number of carbonyl (C=O) groups excluding carboxylic acids is 2. The fraction of sp³-hybridized carbons (Fsp3) is 0.263. The van der Waals surface area contributed by atoms with Gasteiger partial charge in [-0.25, -0.2) is 10.2 Å². The van der Waals surface area contributed by atoms with Crippen LogP contribution in [0.1, 0.15) is 98.5 Å². The van der Waals surface area contributed by atoms with E-state index in [1.165, 1.54) is 0 Å². The molecule has 2 amide bonds. The summed E-state index contributed by atoms with van der Waals surface area (Å²) in [5, 5.41) is 35.8. The van der Waals surface area contributed by atoms with E-state index in [0.29, 0.717) is 61.3 Å². The first-order valence-corrected chi connectivity index (χ1v) is 24.3. The molecule has 3 aliphatic heterocycles. The van der Waals surface area contributed by atoms with Gasteiger partial charge in [0.2, 0.25) is 5.91 Å². The van der Waals surface area contributed by atoms with Crippen LogP contribution in [0.5, 0.6) is 0 Å². The Bertz CT molecular complexity index is 3460. The molecule has 2 aromatic heterocycles. The molecule has 358 valence electrons. The number of anilines is 2. The molecule has 3 aliphatic rings. The molecule has 4 atom stereocenters. The average molecular weight is 946 g/mol. The molecule has 11 rings (SSSR count). The third kappa shape index (κ3) is 8.42. The zero-order chi connectivity index (χ0) is 48.9. The van der Waals surface area contributed by atoms with Crippen LogP contribution in [0, 0.1) is 5.92 Å². The van der Waals surface area contributed by atoms with E-state index in [0.717, 1.165) is 66.8 Å². The fourth-order valence-electron chi connectivity index (χ4n) is 11.1. The van der Waals surface area contributed by atoms with Crippen molar-refractivity contribution >= 4 is 44.7 Å². The number of hydrogen-bond donors (Lipinski definition) is 5. The minimum absolute atomic E-state index is 0.0843. The molecule has 6 aromatic carbocycles. The van der Waals surface area contributed by atoms with Crippen molar-refractivity contribution in [2.75, 3.05) is 43.9 Å². The van der Waals surface area contributed by atoms with Crippen LogP contribution >= 0.6 is 0 Å². The third-order valence-corrected chi connectivity index (χ3v) is 14.5. The first-order valence-electron chi connectivity index (χ1n) is 24.3. The number of nitrogens with zero attached hydrogens (tertiary/aromatic N) is 5. The number of rotatable bonds is 11. The van der Waals surface area contributed by atoms with E-state index in [1.54, 1.807) is 0 Å². The number of benzene rings is 6. The molecule has 5 heterocycles. The lowest BCUT2D eigenvalue weighted by Gasteiger charge is -2.36. The lowest BCUT2D eigenvalue weighted by Crippen LogP contribution is -2.51. The van der Waals surface area contributed by atoms with Crippen LogP contribution < -0.4 is 21.8 Å². The normalized spacial score (nSPS) is 18.5. The van der Waals surface area contributed by atoms with Gasteiger partial charge in [0.25, 0.3) is 17.0 Å². The maximum absolute atomic E-state index is 13.9. The number of aliphatic hydroxyl groups excluding tert-OH is 1. The summed E-state index contributed by atoms with van der Waals surface area (Å²) in [4.78, 5) is 58.6. The van der Waals surface area contributed by atoms with Crippen LogP contribution in [0.4, 0.5) is 11.4 Å². The van der Waals surface area contributed by atoms with Gasteiger partial charge in [0.05, 0.1) is 52.7 Å². The molecule has 0 aliphatic carbocycles. The van der Waals surface area contributed by atoms with Gasteiger partial charge in [0, 0.05) is 72.9 Å². The second-order valence-electron chi connectivity index (χ2n) is 19.4. The highest BCUT2D eigenvalue weighted by Crippen LogP contribution is 2.48. The summed E-state index contributed by atoms with van der Waals surface area (Å²) in [7, 11) is 2.09. The van der Waals surface area contributed by atoms with E-state index >= 15 is 0 Å². The van der Waals surface area contributed by atoms with Gasteiger partial charge in [-0.05, 0) is 82.4 Å². The van der Waals surface area contributed by atoms with Gasteiger partial charge in [-0.15, -0.1) is 0 Å². The summed E-state index contributed by atoms with van der Waals surface area (Å²) in [6.45, 7) is 6.74. The minimum atomic E-state index is -0.389. The second-order valence-corrected chi connectivity index (χ2v) is 19.4. The van der Waals surface area contributed by atoms with Crippen LogP contribution in [0.25, 0.3) is 21.5 Å². The van der Waals surface area contributed by atoms with Gasteiger partial charge < -0.3 is 25.5 Å². The zero-order valence-electron chi connectivity index (χ0n) is 39.9. The number of H-pyrrole nitrogens is 2.